The number of fused-ring (bicyclic) bond motifs is 1. The largest absolute Gasteiger partial charge is 0.478 e. The number of rotatable bonds is 8. The molecule has 184 valence electrons. The SMILES string of the molecule is COc1nc(NS(=O)(=O)c2c[nH]c3c(-c4cncc(C)n4)c(Cl)ccc23)nc(OC)c1OC(F)F. The third-order valence-electron chi connectivity index (χ3n) is 4.69. The topological polar surface area (TPSA) is 141 Å². The van der Waals surface area contributed by atoms with E-state index in [-0.39, 0.29) is 4.90 Å². The number of ether oxygens (including phenoxy) is 3. The summed E-state index contributed by atoms with van der Waals surface area (Å²) in [5.41, 5.74) is 1.98. The van der Waals surface area contributed by atoms with Gasteiger partial charge < -0.3 is 19.2 Å². The summed E-state index contributed by atoms with van der Waals surface area (Å²) in [5, 5.41) is 0.639. The predicted molar refractivity (Wildman–Crippen MR) is 122 cm³/mol. The zero-order valence-corrected chi connectivity index (χ0v) is 19.9. The molecule has 0 atom stereocenters. The summed E-state index contributed by atoms with van der Waals surface area (Å²) < 4.78 is 68.3. The molecule has 1 aromatic carbocycles. The molecule has 0 aliphatic rings. The molecular formula is C20H17ClF2N6O5S. The fraction of sp³-hybridized carbons (Fsp3) is 0.200. The van der Waals surface area contributed by atoms with Crippen LogP contribution in [0.2, 0.25) is 5.02 Å². The first-order valence-electron chi connectivity index (χ1n) is 9.70. The molecule has 3 heterocycles. The van der Waals surface area contributed by atoms with Crippen molar-refractivity contribution in [3.05, 3.63) is 41.4 Å². The second-order valence-corrected chi connectivity index (χ2v) is 8.98. The van der Waals surface area contributed by atoms with Crippen LogP contribution in [0.1, 0.15) is 5.69 Å². The van der Waals surface area contributed by atoms with E-state index in [0.29, 0.717) is 32.9 Å². The van der Waals surface area contributed by atoms with Gasteiger partial charge in [-0.05, 0) is 19.1 Å². The Labute approximate surface area is 202 Å². The van der Waals surface area contributed by atoms with E-state index >= 15 is 0 Å². The van der Waals surface area contributed by atoms with Crippen molar-refractivity contribution in [2.45, 2.75) is 18.4 Å². The van der Waals surface area contributed by atoms with Crippen LogP contribution >= 0.6 is 11.6 Å². The van der Waals surface area contributed by atoms with Gasteiger partial charge in [0.15, 0.2) is 0 Å². The van der Waals surface area contributed by atoms with Crippen molar-refractivity contribution in [1.29, 1.82) is 0 Å². The van der Waals surface area contributed by atoms with Crippen LogP contribution in [0.15, 0.2) is 35.6 Å². The number of anilines is 1. The molecular weight excluding hydrogens is 510 g/mol. The number of hydrogen-bond acceptors (Lipinski definition) is 9. The van der Waals surface area contributed by atoms with Gasteiger partial charge in [0, 0.05) is 23.3 Å². The number of methoxy groups -OCH3 is 2. The summed E-state index contributed by atoms with van der Waals surface area (Å²) in [5.74, 6) is -1.99. The molecule has 35 heavy (non-hydrogen) atoms. The Hall–Kier alpha value is -3.78. The third kappa shape index (κ3) is 4.74. The second kappa shape index (κ2) is 9.46. The number of nitrogens with one attached hydrogen (secondary N) is 2. The molecule has 11 nitrogen and oxygen atoms in total. The molecule has 4 aromatic rings. The first kappa shape index (κ1) is 24.3. The molecule has 0 fully saturated rings. The van der Waals surface area contributed by atoms with E-state index in [9.17, 15) is 17.2 Å². The van der Waals surface area contributed by atoms with Gasteiger partial charge in [-0.15, -0.1) is 0 Å². The molecule has 0 spiro atoms. The van der Waals surface area contributed by atoms with Gasteiger partial charge in [0.25, 0.3) is 21.8 Å². The number of halogens is 3. The zero-order chi connectivity index (χ0) is 25.3. The van der Waals surface area contributed by atoms with Gasteiger partial charge in [-0.1, -0.05) is 11.6 Å². The fourth-order valence-corrected chi connectivity index (χ4v) is 4.67. The van der Waals surface area contributed by atoms with Gasteiger partial charge >= 0.3 is 6.61 Å². The Morgan fingerprint density at radius 2 is 1.77 bits per heavy atom. The van der Waals surface area contributed by atoms with E-state index in [0.717, 1.165) is 14.2 Å². The molecule has 0 saturated heterocycles. The van der Waals surface area contributed by atoms with Gasteiger partial charge in [0.1, 0.15) is 4.90 Å². The molecule has 4 rings (SSSR count). The lowest BCUT2D eigenvalue weighted by Crippen LogP contribution is -2.16. The number of aryl methyl sites for hydroxylation is 1. The number of alkyl halides is 2. The van der Waals surface area contributed by atoms with Crippen LogP contribution in [0.3, 0.4) is 0 Å². The monoisotopic (exact) mass is 526 g/mol. The number of H-pyrrole nitrogens is 1. The smallest absolute Gasteiger partial charge is 0.387 e. The van der Waals surface area contributed by atoms with Crippen molar-refractivity contribution >= 4 is 38.5 Å². The number of sulfonamides is 1. The van der Waals surface area contributed by atoms with E-state index < -0.39 is 40.1 Å². The zero-order valence-electron chi connectivity index (χ0n) is 18.3. The van der Waals surface area contributed by atoms with Crippen molar-refractivity contribution < 1.29 is 31.4 Å². The molecule has 2 N–H and O–H groups in total. The molecule has 15 heteroatoms. The van der Waals surface area contributed by atoms with Crippen molar-refractivity contribution in [1.82, 2.24) is 24.9 Å². The number of nitrogens with zero attached hydrogens (tertiary/aromatic N) is 4. The first-order chi connectivity index (χ1) is 16.6. The minimum atomic E-state index is -4.29. The molecule has 0 bridgehead atoms. The number of benzene rings is 1. The summed E-state index contributed by atoms with van der Waals surface area (Å²) in [4.78, 5) is 18.9. The highest BCUT2D eigenvalue weighted by molar-refractivity contribution is 7.93. The van der Waals surface area contributed by atoms with Crippen LogP contribution in [0.25, 0.3) is 22.2 Å². The highest BCUT2D eigenvalue weighted by Gasteiger charge is 2.26. The van der Waals surface area contributed by atoms with Crippen LogP contribution in [0, 0.1) is 6.92 Å². The van der Waals surface area contributed by atoms with E-state index in [1.807, 2.05) is 0 Å². The normalized spacial score (nSPS) is 11.6. The highest BCUT2D eigenvalue weighted by atomic mass is 35.5. The van der Waals surface area contributed by atoms with Crippen molar-refractivity contribution in [2.75, 3.05) is 18.9 Å². The maximum absolute atomic E-state index is 13.2. The second-order valence-electron chi connectivity index (χ2n) is 6.92. The molecule has 3 aromatic heterocycles. The van der Waals surface area contributed by atoms with Gasteiger partial charge in [-0.2, -0.15) is 18.7 Å². The maximum Gasteiger partial charge on any atom is 0.387 e. The van der Waals surface area contributed by atoms with E-state index in [1.165, 1.54) is 24.5 Å². The maximum atomic E-state index is 13.2. The first-order valence-corrected chi connectivity index (χ1v) is 11.6. The van der Waals surface area contributed by atoms with E-state index in [1.54, 1.807) is 13.1 Å². The Balaban J connectivity index is 1.78. The Morgan fingerprint density at radius 1 is 1.09 bits per heavy atom. The molecule has 0 aliphatic carbocycles. The van der Waals surface area contributed by atoms with Crippen molar-refractivity contribution in [2.24, 2.45) is 0 Å². The van der Waals surface area contributed by atoms with E-state index in [4.69, 9.17) is 21.1 Å². The highest BCUT2D eigenvalue weighted by Crippen LogP contribution is 2.38. The molecule has 0 amide bonds. The van der Waals surface area contributed by atoms with Crippen molar-refractivity contribution in [3.63, 3.8) is 0 Å². The van der Waals surface area contributed by atoms with Crippen molar-refractivity contribution in [3.8, 4) is 28.8 Å². The quantitative estimate of drug-likeness (QED) is 0.350. The predicted octanol–water partition coefficient (Wildman–Crippen LogP) is 3.80. The summed E-state index contributed by atoms with van der Waals surface area (Å²) >= 11 is 6.40. The Bertz CT molecular complexity index is 1490. The van der Waals surface area contributed by atoms with E-state index in [2.05, 4.69) is 34.4 Å². The average molecular weight is 527 g/mol. The van der Waals surface area contributed by atoms with Gasteiger partial charge in [0.2, 0.25) is 11.7 Å². The summed E-state index contributed by atoms with van der Waals surface area (Å²) in [6, 6.07) is 3.06. The Morgan fingerprint density at radius 3 is 2.37 bits per heavy atom. The van der Waals surface area contributed by atoms with Gasteiger partial charge in [-0.3, -0.25) is 4.98 Å². The molecule has 0 unspecified atom stereocenters. The van der Waals surface area contributed by atoms with Gasteiger partial charge in [0.05, 0.1) is 42.3 Å². The average Bonchev–Trinajstić information content (AvgIpc) is 3.24. The Kier molecular flexibility index (Phi) is 6.58. The standard InChI is InChI=1S/C20H17ClF2N6O5S/c1-9-6-24-7-12(26-9)14-11(21)5-4-10-13(8-25-15(10)14)35(30,31)29-20-27-17(32-2)16(34-19(22)23)18(28-20)33-3/h4-8,19,25H,1-3H3,(H,27,28,29). The lowest BCUT2D eigenvalue weighted by atomic mass is 10.1. The van der Waals surface area contributed by atoms with Crippen LogP contribution in [0.5, 0.6) is 17.5 Å². The van der Waals surface area contributed by atoms with Gasteiger partial charge in [-0.25, -0.2) is 18.1 Å². The minimum absolute atomic E-state index is 0.152. The molecule has 0 saturated carbocycles. The number of aromatic nitrogens is 5. The third-order valence-corrected chi connectivity index (χ3v) is 6.37. The lowest BCUT2D eigenvalue weighted by molar-refractivity contribution is -0.0533. The molecule has 0 radical (unpaired) electrons. The number of hydrogen-bond donors (Lipinski definition) is 2. The minimum Gasteiger partial charge on any atom is -0.478 e. The van der Waals surface area contributed by atoms with Crippen LogP contribution in [-0.4, -0.2) is 54.2 Å². The van der Waals surface area contributed by atoms with Crippen LogP contribution in [-0.2, 0) is 10.0 Å². The summed E-state index contributed by atoms with van der Waals surface area (Å²) in [6.45, 7) is -1.45. The lowest BCUT2D eigenvalue weighted by Gasteiger charge is -2.14. The van der Waals surface area contributed by atoms with Crippen LogP contribution < -0.4 is 18.9 Å². The van der Waals surface area contributed by atoms with Crippen LogP contribution in [0.4, 0.5) is 14.7 Å². The summed E-state index contributed by atoms with van der Waals surface area (Å²) in [7, 11) is -2.02. The number of aromatic amines is 1. The summed E-state index contributed by atoms with van der Waals surface area (Å²) in [6.07, 6.45) is 4.35. The fourth-order valence-electron chi connectivity index (χ4n) is 3.30. The molecule has 0 aliphatic heterocycles.